The Labute approximate surface area is 126 Å². The molecule has 0 bridgehead atoms. The standard InChI is InChI=1S/C14H28N4OS/c1-6-18(12(2)10-17(3)4)14-16-13(11-20-14)9-15-7-8-19-5/h11-12,15H,6-10H2,1-5H3. The third-order valence-corrected chi connectivity index (χ3v) is 4.00. The van der Waals surface area contributed by atoms with E-state index in [0.717, 1.165) is 43.6 Å². The van der Waals surface area contributed by atoms with Gasteiger partial charge in [0.15, 0.2) is 5.13 Å². The Morgan fingerprint density at radius 1 is 1.45 bits per heavy atom. The second-order valence-corrected chi connectivity index (χ2v) is 6.02. The fourth-order valence-electron chi connectivity index (χ4n) is 2.16. The van der Waals surface area contributed by atoms with E-state index in [4.69, 9.17) is 9.72 Å². The normalized spacial score (nSPS) is 12.9. The van der Waals surface area contributed by atoms with E-state index in [1.807, 2.05) is 0 Å². The smallest absolute Gasteiger partial charge is 0.185 e. The Hall–Kier alpha value is -0.690. The summed E-state index contributed by atoms with van der Waals surface area (Å²) < 4.78 is 5.02. The summed E-state index contributed by atoms with van der Waals surface area (Å²) in [7, 11) is 5.93. The van der Waals surface area contributed by atoms with Crippen molar-refractivity contribution in [3.63, 3.8) is 0 Å². The van der Waals surface area contributed by atoms with Crippen LogP contribution in [0.25, 0.3) is 0 Å². The molecule has 0 fully saturated rings. The molecule has 1 aromatic rings. The van der Waals surface area contributed by atoms with Gasteiger partial charge in [0.05, 0.1) is 12.3 Å². The molecule has 0 spiro atoms. The molecule has 20 heavy (non-hydrogen) atoms. The molecule has 1 N–H and O–H groups in total. The van der Waals surface area contributed by atoms with Crippen molar-refractivity contribution in [1.29, 1.82) is 0 Å². The van der Waals surface area contributed by atoms with Crippen LogP contribution in [0.1, 0.15) is 19.5 Å². The largest absolute Gasteiger partial charge is 0.383 e. The molecule has 0 aliphatic carbocycles. The highest BCUT2D eigenvalue weighted by molar-refractivity contribution is 7.13. The molecule has 5 nitrogen and oxygen atoms in total. The van der Waals surface area contributed by atoms with E-state index in [2.05, 4.69) is 48.4 Å². The lowest BCUT2D eigenvalue weighted by Gasteiger charge is -2.29. The van der Waals surface area contributed by atoms with Gasteiger partial charge in [-0.15, -0.1) is 11.3 Å². The summed E-state index contributed by atoms with van der Waals surface area (Å²) in [4.78, 5) is 9.31. The number of hydrogen-bond acceptors (Lipinski definition) is 6. The minimum atomic E-state index is 0.468. The van der Waals surface area contributed by atoms with Crippen molar-refractivity contribution in [3.8, 4) is 0 Å². The molecule has 1 atom stereocenters. The highest BCUT2D eigenvalue weighted by atomic mass is 32.1. The minimum absolute atomic E-state index is 0.468. The van der Waals surface area contributed by atoms with Crippen molar-refractivity contribution >= 4 is 16.5 Å². The number of likely N-dealkylation sites (N-methyl/N-ethyl adjacent to an activating group) is 2. The van der Waals surface area contributed by atoms with Gasteiger partial charge in [-0.25, -0.2) is 4.98 Å². The zero-order valence-corrected chi connectivity index (χ0v) is 14.2. The number of anilines is 1. The quantitative estimate of drug-likeness (QED) is 0.666. The van der Waals surface area contributed by atoms with Crippen LogP contribution in [0.3, 0.4) is 0 Å². The van der Waals surface area contributed by atoms with Crippen LogP contribution in [0.4, 0.5) is 5.13 Å². The number of hydrogen-bond donors (Lipinski definition) is 1. The molecule has 1 unspecified atom stereocenters. The van der Waals surface area contributed by atoms with Gasteiger partial charge >= 0.3 is 0 Å². The maximum Gasteiger partial charge on any atom is 0.185 e. The summed E-state index contributed by atoms with van der Waals surface area (Å²) in [5, 5.41) is 6.58. The van der Waals surface area contributed by atoms with Gasteiger partial charge in [0.2, 0.25) is 0 Å². The highest BCUT2D eigenvalue weighted by Gasteiger charge is 2.16. The first-order valence-corrected chi connectivity index (χ1v) is 8.01. The topological polar surface area (TPSA) is 40.6 Å². The molecule has 1 aromatic heterocycles. The summed E-state index contributed by atoms with van der Waals surface area (Å²) in [5.41, 5.74) is 1.11. The van der Waals surface area contributed by atoms with Crippen LogP contribution < -0.4 is 10.2 Å². The van der Waals surface area contributed by atoms with Crippen molar-refractivity contribution < 1.29 is 4.74 Å². The van der Waals surface area contributed by atoms with E-state index in [1.165, 1.54) is 0 Å². The Morgan fingerprint density at radius 3 is 2.80 bits per heavy atom. The van der Waals surface area contributed by atoms with Gasteiger partial charge in [-0.1, -0.05) is 0 Å². The van der Waals surface area contributed by atoms with Crippen LogP contribution in [0.2, 0.25) is 0 Å². The van der Waals surface area contributed by atoms with Crippen molar-refractivity contribution in [2.45, 2.75) is 26.4 Å². The summed E-state index contributed by atoms with van der Waals surface area (Å²) in [6, 6.07) is 0.468. The number of methoxy groups -OCH3 is 1. The third-order valence-electron chi connectivity index (χ3n) is 3.08. The second kappa shape index (κ2) is 9.28. The molecule has 0 aromatic carbocycles. The molecular formula is C14H28N4OS. The van der Waals surface area contributed by atoms with Crippen LogP contribution in [-0.2, 0) is 11.3 Å². The molecule has 116 valence electrons. The summed E-state index contributed by atoms with van der Waals surface area (Å²) in [6.07, 6.45) is 0. The van der Waals surface area contributed by atoms with E-state index in [-0.39, 0.29) is 0 Å². The average molecular weight is 300 g/mol. The molecule has 1 heterocycles. The van der Waals surface area contributed by atoms with Crippen LogP contribution in [0.5, 0.6) is 0 Å². The van der Waals surface area contributed by atoms with Gasteiger partial charge in [0.25, 0.3) is 0 Å². The molecule has 0 aliphatic rings. The predicted molar refractivity (Wildman–Crippen MR) is 86.7 cm³/mol. The van der Waals surface area contributed by atoms with Gasteiger partial charge in [0.1, 0.15) is 0 Å². The maximum atomic E-state index is 5.02. The van der Waals surface area contributed by atoms with Crippen molar-refractivity contribution in [3.05, 3.63) is 11.1 Å². The first-order chi connectivity index (χ1) is 9.58. The Kier molecular flexibility index (Phi) is 8.06. The monoisotopic (exact) mass is 300 g/mol. The molecular weight excluding hydrogens is 272 g/mol. The SMILES string of the molecule is CCN(c1nc(CNCCOC)cs1)C(C)CN(C)C. The number of aromatic nitrogens is 1. The molecule has 0 amide bonds. The molecule has 1 rings (SSSR count). The zero-order valence-electron chi connectivity index (χ0n) is 13.3. The minimum Gasteiger partial charge on any atom is -0.383 e. The number of nitrogens with zero attached hydrogens (tertiary/aromatic N) is 3. The van der Waals surface area contributed by atoms with Gasteiger partial charge in [-0.2, -0.15) is 0 Å². The highest BCUT2D eigenvalue weighted by Crippen LogP contribution is 2.22. The third kappa shape index (κ3) is 5.75. The number of thiazole rings is 1. The lowest BCUT2D eigenvalue weighted by molar-refractivity contribution is 0.199. The van der Waals surface area contributed by atoms with Crippen LogP contribution in [0.15, 0.2) is 5.38 Å². The zero-order chi connectivity index (χ0) is 15.0. The Balaban J connectivity index is 2.54. The van der Waals surface area contributed by atoms with Crippen molar-refractivity contribution in [2.24, 2.45) is 0 Å². The Morgan fingerprint density at radius 2 is 2.20 bits per heavy atom. The van der Waals surface area contributed by atoms with Gasteiger partial charge < -0.3 is 19.9 Å². The van der Waals surface area contributed by atoms with Gasteiger partial charge in [-0.3, -0.25) is 0 Å². The van der Waals surface area contributed by atoms with Crippen LogP contribution >= 0.6 is 11.3 Å². The first-order valence-electron chi connectivity index (χ1n) is 7.13. The van der Waals surface area contributed by atoms with Crippen molar-refractivity contribution in [2.75, 3.05) is 52.3 Å². The van der Waals surface area contributed by atoms with Crippen LogP contribution in [0, 0.1) is 0 Å². The molecule has 0 radical (unpaired) electrons. The van der Waals surface area contributed by atoms with E-state index in [9.17, 15) is 0 Å². The number of nitrogens with one attached hydrogen (secondary N) is 1. The van der Waals surface area contributed by atoms with E-state index in [0.29, 0.717) is 6.04 Å². The second-order valence-electron chi connectivity index (χ2n) is 5.19. The first kappa shape index (κ1) is 17.4. The number of rotatable bonds is 10. The van der Waals surface area contributed by atoms with E-state index in [1.54, 1.807) is 18.4 Å². The lowest BCUT2D eigenvalue weighted by Crippen LogP contribution is -2.40. The lowest BCUT2D eigenvalue weighted by atomic mass is 10.3. The van der Waals surface area contributed by atoms with Crippen molar-refractivity contribution in [1.82, 2.24) is 15.2 Å². The molecule has 0 saturated carbocycles. The fraction of sp³-hybridized carbons (Fsp3) is 0.786. The predicted octanol–water partition coefficient (Wildman–Crippen LogP) is 1.66. The summed E-state index contributed by atoms with van der Waals surface area (Å²) in [6.45, 7) is 8.86. The molecule has 0 saturated heterocycles. The molecule has 6 heteroatoms. The van der Waals surface area contributed by atoms with Crippen LogP contribution in [-0.4, -0.2) is 63.4 Å². The van der Waals surface area contributed by atoms with Gasteiger partial charge in [0, 0.05) is 44.7 Å². The summed E-state index contributed by atoms with van der Waals surface area (Å²) in [5.74, 6) is 0. The van der Waals surface area contributed by atoms with E-state index < -0.39 is 0 Å². The number of ether oxygens (including phenoxy) is 1. The molecule has 0 aliphatic heterocycles. The Bertz CT molecular complexity index is 370. The fourth-order valence-corrected chi connectivity index (χ4v) is 3.15. The average Bonchev–Trinajstić information content (AvgIpc) is 2.83. The maximum absolute atomic E-state index is 5.02. The van der Waals surface area contributed by atoms with E-state index >= 15 is 0 Å². The summed E-state index contributed by atoms with van der Waals surface area (Å²) >= 11 is 1.73. The van der Waals surface area contributed by atoms with Gasteiger partial charge in [-0.05, 0) is 27.9 Å².